The Morgan fingerprint density at radius 3 is 2.63 bits per heavy atom. The Morgan fingerprint density at radius 1 is 1.42 bits per heavy atom. The molecular formula is C12H18BrNO4S. The van der Waals surface area contributed by atoms with Crippen molar-refractivity contribution in [3.63, 3.8) is 0 Å². The first-order valence-electron chi connectivity index (χ1n) is 5.87. The number of hydrogen-bond donors (Lipinski definition) is 2. The molecule has 0 saturated heterocycles. The summed E-state index contributed by atoms with van der Waals surface area (Å²) in [7, 11) is -3.57. The molecule has 0 atom stereocenters. The van der Waals surface area contributed by atoms with Crippen LogP contribution in [0.25, 0.3) is 0 Å². The van der Waals surface area contributed by atoms with Gasteiger partial charge in [-0.2, -0.15) is 0 Å². The van der Waals surface area contributed by atoms with Crippen molar-refractivity contribution in [2.45, 2.75) is 31.5 Å². The molecule has 0 unspecified atom stereocenters. The molecule has 108 valence electrons. The van der Waals surface area contributed by atoms with Gasteiger partial charge in [-0.05, 0) is 47.5 Å². The minimum atomic E-state index is -3.57. The van der Waals surface area contributed by atoms with E-state index in [4.69, 9.17) is 9.84 Å². The summed E-state index contributed by atoms with van der Waals surface area (Å²) in [6.07, 6.45) is 0.0695. The van der Waals surface area contributed by atoms with Gasteiger partial charge in [0.25, 0.3) is 0 Å². The standard InChI is InChI=1S/C12H18BrNO4S/c1-9(2)18-6-5-14-19(16,17)12-4-3-10(8-15)7-11(12)13/h3-4,7,9,14-15H,5-6,8H2,1-2H3. The number of benzene rings is 1. The summed E-state index contributed by atoms with van der Waals surface area (Å²) >= 11 is 3.19. The lowest BCUT2D eigenvalue weighted by molar-refractivity contribution is 0.0834. The first-order valence-corrected chi connectivity index (χ1v) is 8.15. The van der Waals surface area contributed by atoms with Gasteiger partial charge in [-0.1, -0.05) is 6.07 Å². The van der Waals surface area contributed by atoms with Crippen molar-refractivity contribution in [3.8, 4) is 0 Å². The van der Waals surface area contributed by atoms with E-state index in [-0.39, 0.29) is 24.2 Å². The average Bonchev–Trinajstić information content (AvgIpc) is 2.34. The molecule has 19 heavy (non-hydrogen) atoms. The van der Waals surface area contributed by atoms with Crippen molar-refractivity contribution in [2.75, 3.05) is 13.2 Å². The Balaban J connectivity index is 2.72. The van der Waals surface area contributed by atoms with E-state index in [9.17, 15) is 8.42 Å². The molecule has 2 N–H and O–H groups in total. The fraction of sp³-hybridized carbons (Fsp3) is 0.500. The van der Waals surface area contributed by atoms with Crippen molar-refractivity contribution in [3.05, 3.63) is 28.2 Å². The molecule has 0 saturated carbocycles. The van der Waals surface area contributed by atoms with Crippen LogP contribution >= 0.6 is 15.9 Å². The summed E-state index contributed by atoms with van der Waals surface area (Å²) in [5.41, 5.74) is 0.647. The summed E-state index contributed by atoms with van der Waals surface area (Å²) in [6, 6.07) is 4.62. The van der Waals surface area contributed by atoms with Gasteiger partial charge < -0.3 is 9.84 Å². The van der Waals surface area contributed by atoms with Crippen LogP contribution < -0.4 is 4.72 Å². The quantitative estimate of drug-likeness (QED) is 0.732. The van der Waals surface area contributed by atoms with Gasteiger partial charge in [0.2, 0.25) is 10.0 Å². The number of rotatable bonds is 7. The van der Waals surface area contributed by atoms with E-state index < -0.39 is 10.0 Å². The van der Waals surface area contributed by atoms with Gasteiger partial charge in [0.05, 0.1) is 24.2 Å². The number of hydrogen-bond acceptors (Lipinski definition) is 4. The minimum absolute atomic E-state index is 0.0695. The zero-order valence-electron chi connectivity index (χ0n) is 10.9. The molecule has 0 amide bonds. The average molecular weight is 352 g/mol. The van der Waals surface area contributed by atoms with E-state index in [1.54, 1.807) is 12.1 Å². The SMILES string of the molecule is CC(C)OCCNS(=O)(=O)c1ccc(CO)cc1Br. The van der Waals surface area contributed by atoms with Crippen LogP contribution in [0, 0.1) is 0 Å². The highest BCUT2D eigenvalue weighted by Gasteiger charge is 2.17. The molecule has 0 heterocycles. The number of aliphatic hydroxyl groups is 1. The van der Waals surface area contributed by atoms with Gasteiger partial charge in [0, 0.05) is 11.0 Å². The van der Waals surface area contributed by atoms with Crippen LogP contribution in [-0.4, -0.2) is 32.8 Å². The predicted octanol–water partition coefficient (Wildman–Crippen LogP) is 1.64. The zero-order chi connectivity index (χ0) is 14.5. The maximum absolute atomic E-state index is 12.0. The largest absolute Gasteiger partial charge is 0.392 e. The summed E-state index contributed by atoms with van der Waals surface area (Å²) in [6.45, 7) is 4.18. The van der Waals surface area contributed by atoms with Crippen LogP contribution in [0.15, 0.2) is 27.6 Å². The Labute approximate surface area is 122 Å². The summed E-state index contributed by atoms with van der Waals surface area (Å²) < 4.78 is 32.2. The number of nitrogens with one attached hydrogen (secondary N) is 1. The predicted molar refractivity (Wildman–Crippen MR) is 76.3 cm³/mol. The lowest BCUT2D eigenvalue weighted by atomic mass is 10.2. The van der Waals surface area contributed by atoms with E-state index in [0.717, 1.165) is 0 Å². The van der Waals surface area contributed by atoms with Crippen LogP contribution in [0.5, 0.6) is 0 Å². The fourth-order valence-corrected chi connectivity index (χ4v) is 3.54. The molecule has 0 aromatic heterocycles. The fourth-order valence-electron chi connectivity index (χ4n) is 1.41. The van der Waals surface area contributed by atoms with Crippen molar-refractivity contribution >= 4 is 26.0 Å². The molecule has 0 bridgehead atoms. The molecular weight excluding hydrogens is 334 g/mol. The highest BCUT2D eigenvalue weighted by Crippen LogP contribution is 2.23. The molecule has 7 heteroatoms. The number of halogens is 1. The highest BCUT2D eigenvalue weighted by molar-refractivity contribution is 9.10. The minimum Gasteiger partial charge on any atom is -0.392 e. The maximum Gasteiger partial charge on any atom is 0.241 e. The molecule has 0 fully saturated rings. The van der Waals surface area contributed by atoms with E-state index in [1.807, 2.05) is 13.8 Å². The topological polar surface area (TPSA) is 75.6 Å². The van der Waals surface area contributed by atoms with Gasteiger partial charge in [0.1, 0.15) is 0 Å². The Bertz CT molecular complexity index is 516. The van der Waals surface area contributed by atoms with Crippen LogP contribution in [0.4, 0.5) is 0 Å². The van der Waals surface area contributed by atoms with E-state index in [1.165, 1.54) is 6.07 Å². The number of ether oxygens (including phenoxy) is 1. The van der Waals surface area contributed by atoms with Crippen LogP contribution in [0.1, 0.15) is 19.4 Å². The van der Waals surface area contributed by atoms with E-state index in [0.29, 0.717) is 16.6 Å². The number of sulfonamides is 1. The molecule has 5 nitrogen and oxygen atoms in total. The second kappa shape index (κ2) is 7.35. The normalized spacial score (nSPS) is 12.1. The molecule has 1 rings (SSSR count). The Morgan fingerprint density at radius 2 is 2.11 bits per heavy atom. The first kappa shape index (κ1) is 16.6. The van der Waals surface area contributed by atoms with Gasteiger partial charge in [-0.15, -0.1) is 0 Å². The lowest BCUT2D eigenvalue weighted by Crippen LogP contribution is -2.28. The summed E-state index contributed by atoms with van der Waals surface area (Å²) in [5.74, 6) is 0. The van der Waals surface area contributed by atoms with Gasteiger partial charge in [-0.3, -0.25) is 0 Å². The van der Waals surface area contributed by atoms with Crippen LogP contribution in [0.2, 0.25) is 0 Å². The third-order valence-corrected chi connectivity index (χ3v) is 4.75. The monoisotopic (exact) mass is 351 g/mol. The molecule has 0 aliphatic heterocycles. The van der Waals surface area contributed by atoms with Gasteiger partial charge >= 0.3 is 0 Å². The zero-order valence-corrected chi connectivity index (χ0v) is 13.3. The third-order valence-electron chi connectivity index (χ3n) is 2.31. The van der Waals surface area contributed by atoms with E-state index >= 15 is 0 Å². The van der Waals surface area contributed by atoms with Gasteiger partial charge in [0.15, 0.2) is 0 Å². The smallest absolute Gasteiger partial charge is 0.241 e. The van der Waals surface area contributed by atoms with Crippen molar-refractivity contribution in [2.24, 2.45) is 0 Å². The summed E-state index contributed by atoms with van der Waals surface area (Å²) in [5, 5.41) is 8.98. The molecule has 0 aliphatic rings. The Hall–Kier alpha value is -0.470. The molecule has 0 radical (unpaired) electrons. The van der Waals surface area contributed by atoms with Crippen molar-refractivity contribution in [1.29, 1.82) is 0 Å². The van der Waals surface area contributed by atoms with Crippen LogP contribution in [0.3, 0.4) is 0 Å². The highest BCUT2D eigenvalue weighted by atomic mass is 79.9. The van der Waals surface area contributed by atoms with Gasteiger partial charge in [-0.25, -0.2) is 13.1 Å². The van der Waals surface area contributed by atoms with Crippen molar-refractivity contribution in [1.82, 2.24) is 4.72 Å². The second-order valence-corrected chi connectivity index (χ2v) is 6.83. The first-order chi connectivity index (χ1) is 8.86. The van der Waals surface area contributed by atoms with Crippen molar-refractivity contribution < 1.29 is 18.3 Å². The molecule has 1 aromatic rings. The lowest BCUT2D eigenvalue weighted by Gasteiger charge is -2.11. The maximum atomic E-state index is 12.0. The number of aliphatic hydroxyl groups excluding tert-OH is 1. The molecule has 0 aliphatic carbocycles. The van der Waals surface area contributed by atoms with E-state index in [2.05, 4.69) is 20.7 Å². The summed E-state index contributed by atoms with van der Waals surface area (Å²) in [4.78, 5) is 0.147. The Kier molecular flexibility index (Phi) is 6.41. The molecule has 0 spiro atoms. The third kappa shape index (κ3) is 5.19. The molecule has 1 aromatic carbocycles. The second-order valence-electron chi connectivity index (χ2n) is 4.24. The van der Waals surface area contributed by atoms with Crippen LogP contribution in [-0.2, 0) is 21.4 Å².